The van der Waals surface area contributed by atoms with E-state index in [1.165, 1.54) is 68.6 Å². The zero-order valence-corrected chi connectivity index (χ0v) is 12.9. The molecule has 0 unspecified atom stereocenters. The molecule has 2 heteroatoms. The highest BCUT2D eigenvalue weighted by Crippen LogP contribution is 2.33. The Bertz CT molecular complexity index is 164. The average molecular weight is 338 g/mol. The summed E-state index contributed by atoms with van der Waals surface area (Å²) >= 11 is 2.51. The van der Waals surface area contributed by atoms with Gasteiger partial charge in [-0.1, -0.05) is 74.5 Å². The van der Waals surface area contributed by atoms with Crippen LogP contribution < -0.4 is 0 Å². The van der Waals surface area contributed by atoms with Crippen molar-refractivity contribution in [2.75, 3.05) is 11.0 Å². The van der Waals surface area contributed by atoms with Crippen molar-refractivity contribution >= 4 is 22.6 Å². The number of ether oxygens (including phenoxy) is 1. The lowest BCUT2D eigenvalue weighted by molar-refractivity contribution is -0.0515. The standard InChI is InChI=1S/C14H27IO/c1-2-3-4-5-9-12-16-14(13-15)10-7-6-8-11-14/h2-13H2,1H3. The molecule has 0 heterocycles. The first-order chi connectivity index (χ1) is 7.83. The number of hydrogen-bond acceptors (Lipinski definition) is 1. The van der Waals surface area contributed by atoms with Crippen molar-refractivity contribution < 1.29 is 4.74 Å². The molecule has 0 saturated heterocycles. The zero-order valence-electron chi connectivity index (χ0n) is 10.8. The predicted molar refractivity (Wildman–Crippen MR) is 79.4 cm³/mol. The summed E-state index contributed by atoms with van der Waals surface area (Å²) in [5.41, 5.74) is 0.254. The van der Waals surface area contributed by atoms with Crippen LogP contribution in [-0.2, 0) is 4.74 Å². The van der Waals surface area contributed by atoms with Crippen LogP contribution in [0.2, 0.25) is 0 Å². The maximum Gasteiger partial charge on any atom is 0.0771 e. The number of hydrogen-bond donors (Lipinski definition) is 0. The Labute approximate surface area is 115 Å². The van der Waals surface area contributed by atoms with E-state index in [4.69, 9.17) is 4.74 Å². The third kappa shape index (κ3) is 5.35. The second-order valence-electron chi connectivity index (χ2n) is 5.14. The molecule has 16 heavy (non-hydrogen) atoms. The van der Waals surface area contributed by atoms with Crippen LogP contribution in [0.25, 0.3) is 0 Å². The molecule has 0 aromatic rings. The van der Waals surface area contributed by atoms with Crippen LogP contribution in [0.1, 0.15) is 71.1 Å². The normalized spacial score (nSPS) is 19.9. The number of halogens is 1. The third-order valence-electron chi connectivity index (χ3n) is 3.66. The Hall–Kier alpha value is 0.690. The van der Waals surface area contributed by atoms with Crippen LogP contribution in [0.3, 0.4) is 0 Å². The molecule has 1 saturated carbocycles. The van der Waals surface area contributed by atoms with Crippen molar-refractivity contribution in [3.8, 4) is 0 Å². The highest BCUT2D eigenvalue weighted by Gasteiger charge is 2.31. The molecule has 0 radical (unpaired) electrons. The summed E-state index contributed by atoms with van der Waals surface area (Å²) in [6.07, 6.45) is 13.5. The summed E-state index contributed by atoms with van der Waals surface area (Å²) in [4.78, 5) is 0. The van der Waals surface area contributed by atoms with Crippen molar-refractivity contribution in [1.29, 1.82) is 0 Å². The van der Waals surface area contributed by atoms with Crippen LogP contribution in [0.5, 0.6) is 0 Å². The highest BCUT2D eigenvalue weighted by atomic mass is 127. The lowest BCUT2D eigenvalue weighted by atomic mass is 9.86. The maximum absolute atomic E-state index is 6.19. The van der Waals surface area contributed by atoms with Gasteiger partial charge in [0.2, 0.25) is 0 Å². The summed E-state index contributed by atoms with van der Waals surface area (Å²) in [5.74, 6) is 0. The van der Waals surface area contributed by atoms with Crippen molar-refractivity contribution in [1.82, 2.24) is 0 Å². The van der Waals surface area contributed by atoms with E-state index in [1.807, 2.05) is 0 Å². The minimum Gasteiger partial charge on any atom is -0.374 e. The molecular weight excluding hydrogens is 311 g/mol. The van der Waals surface area contributed by atoms with E-state index >= 15 is 0 Å². The van der Waals surface area contributed by atoms with Gasteiger partial charge in [0.05, 0.1) is 5.60 Å². The first-order valence-electron chi connectivity index (χ1n) is 7.03. The zero-order chi connectivity index (χ0) is 11.7. The van der Waals surface area contributed by atoms with Gasteiger partial charge in [-0.2, -0.15) is 0 Å². The van der Waals surface area contributed by atoms with Crippen molar-refractivity contribution in [2.24, 2.45) is 0 Å². The molecule has 0 spiro atoms. The van der Waals surface area contributed by atoms with E-state index in [-0.39, 0.29) is 5.60 Å². The van der Waals surface area contributed by atoms with E-state index in [9.17, 15) is 0 Å². The predicted octanol–water partition coefficient (Wildman–Crippen LogP) is 5.11. The van der Waals surface area contributed by atoms with Gasteiger partial charge in [0.15, 0.2) is 0 Å². The first kappa shape index (κ1) is 14.7. The van der Waals surface area contributed by atoms with Gasteiger partial charge in [0.25, 0.3) is 0 Å². The van der Waals surface area contributed by atoms with Crippen LogP contribution in [0.4, 0.5) is 0 Å². The Morgan fingerprint density at radius 1 is 1.00 bits per heavy atom. The number of unbranched alkanes of at least 4 members (excludes halogenated alkanes) is 4. The molecule has 0 atom stereocenters. The number of rotatable bonds is 8. The molecule has 1 nitrogen and oxygen atoms in total. The average Bonchev–Trinajstić information content (AvgIpc) is 2.35. The van der Waals surface area contributed by atoms with Gasteiger partial charge in [-0.25, -0.2) is 0 Å². The van der Waals surface area contributed by atoms with Crippen LogP contribution in [0.15, 0.2) is 0 Å². The highest BCUT2D eigenvalue weighted by molar-refractivity contribution is 14.1. The molecule has 1 rings (SSSR count). The van der Waals surface area contributed by atoms with Crippen LogP contribution in [-0.4, -0.2) is 16.6 Å². The van der Waals surface area contributed by atoms with Gasteiger partial charge in [0, 0.05) is 11.0 Å². The summed E-state index contributed by atoms with van der Waals surface area (Å²) in [5, 5.41) is 0. The molecule has 0 N–H and O–H groups in total. The summed E-state index contributed by atoms with van der Waals surface area (Å²) in [7, 11) is 0. The molecule has 0 aromatic carbocycles. The van der Waals surface area contributed by atoms with Gasteiger partial charge >= 0.3 is 0 Å². The van der Waals surface area contributed by atoms with Crippen LogP contribution in [0, 0.1) is 0 Å². The summed E-state index contributed by atoms with van der Waals surface area (Å²) in [6, 6.07) is 0. The first-order valence-corrected chi connectivity index (χ1v) is 8.55. The van der Waals surface area contributed by atoms with E-state index < -0.39 is 0 Å². The van der Waals surface area contributed by atoms with Gasteiger partial charge in [-0.3, -0.25) is 0 Å². The minimum absolute atomic E-state index is 0.254. The Kier molecular flexibility index (Phi) is 8.05. The van der Waals surface area contributed by atoms with Gasteiger partial charge < -0.3 is 4.74 Å². The quantitative estimate of drug-likeness (QED) is 0.339. The maximum atomic E-state index is 6.19. The monoisotopic (exact) mass is 338 g/mol. The molecular formula is C14H27IO. The molecule has 96 valence electrons. The Balaban J connectivity index is 2.08. The summed E-state index contributed by atoms with van der Waals surface area (Å²) in [6.45, 7) is 3.26. The largest absolute Gasteiger partial charge is 0.374 e. The van der Waals surface area contributed by atoms with Crippen molar-refractivity contribution in [2.45, 2.75) is 76.7 Å². The van der Waals surface area contributed by atoms with E-state index in [0.717, 1.165) is 6.61 Å². The number of alkyl halides is 1. The second kappa shape index (κ2) is 8.73. The summed E-state index contributed by atoms with van der Waals surface area (Å²) < 4.78 is 7.37. The fourth-order valence-corrected chi connectivity index (χ4v) is 3.49. The lowest BCUT2D eigenvalue weighted by Crippen LogP contribution is -2.37. The molecule has 0 amide bonds. The fraction of sp³-hybridized carbons (Fsp3) is 1.00. The Morgan fingerprint density at radius 2 is 1.69 bits per heavy atom. The van der Waals surface area contributed by atoms with Crippen molar-refractivity contribution in [3.63, 3.8) is 0 Å². The lowest BCUT2D eigenvalue weighted by Gasteiger charge is -2.35. The second-order valence-corrected chi connectivity index (χ2v) is 5.90. The fourth-order valence-electron chi connectivity index (χ4n) is 2.51. The molecule has 1 aliphatic rings. The molecule has 1 aliphatic carbocycles. The minimum atomic E-state index is 0.254. The topological polar surface area (TPSA) is 9.23 Å². The third-order valence-corrected chi connectivity index (χ3v) is 5.05. The van der Waals surface area contributed by atoms with E-state index in [2.05, 4.69) is 29.5 Å². The van der Waals surface area contributed by atoms with E-state index in [0.29, 0.717) is 0 Å². The van der Waals surface area contributed by atoms with Crippen LogP contribution >= 0.6 is 22.6 Å². The molecule has 1 fully saturated rings. The van der Waals surface area contributed by atoms with Crippen molar-refractivity contribution in [3.05, 3.63) is 0 Å². The Morgan fingerprint density at radius 3 is 2.31 bits per heavy atom. The molecule has 0 aliphatic heterocycles. The van der Waals surface area contributed by atoms with Gasteiger partial charge in [-0.05, 0) is 19.3 Å². The van der Waals surface area contributed by atoms with E-state index in [1.54, 1.807) is 0 Å². The molecule has 0 bridgehead atoms. The van der Waals surface area contributed by atoms with Gasteiger partial charge in [-0.15, -0.1) is 0 Å². The van der Waals surface area contributed by atoms with Gasteiger partial charge in [0.1, 0.15) is 0 Å². The molecule has 0 aromatic heterocycles. The SMILES string of the molecule is CCCCCCCOC1(CI)CCCCC1. The smallest absolute Gasteiger partial charge is 0.0771 e.